The number of hydrogen-bond acceptors (Lipinski definition) is 3. The minimum Gasteiger partial charge on any atom is -0.468 e. The van der Waals surface area contributed by atoms with Gasteiger partial charge in [0.25, 0.3) is 0 Å². The smallest absolute Gasteiger partial charge is 0.326 e. The van der Waals surface area contributed by atoms with Gasteiger partial charge in [-0.1, -0.05) is 12.8 Å². The van der Waals surface area contributed by atoms with Gasteiger partial charge < -0.3 is 10.1 Å². The maximum absolute atomic E-state index is 11.8. The van der Waals surface area contributed by atoms with E-state index in [4.69, 9.17) is 4.74 Å². The number of rotatable bonds is 2. The molecule has 0 bridgehead atoms. The Bertz CT molecular complexity index is 215. The Morgan fingerprint density at radius 1 is 1.36 bits per heavy atom. The zero-order valence-electron chi connectivity index (χ0n) is 8.84. The van der Waals surface area contributed by atoms with Gasteiger partial charge in [0.2, 0.25) is 0 Å². The summed E-state index contributed by atoms with van der Waals surface area (Å²) >= 11 is 0. The summed E-state index contributed by atoms with van der Waals surface area (Å²) in [6.07, 6.45) is 6.97. The van der Waals surface area contributed by atoms with E-state index in [1.165, 1.54) is 32.8 Å². The van der Waals surface area contributed by atoms with Crippen LogP contribution in [-0.4, -0.2) is 25.2 Å². The van der Waals surface area contributed by atoms with Gasteiger partial charge in [-0.2, -0.15) is 0 Å². The molecule has 80 valence electrons. The van der Waals surface area contributed by atoms with Crippen LogP contribution >= 0.6 is 0 Å². The maximum Gasteiger partial charge on any atom is 0.326 e. The van der Waals surface area contributed by atoms with Crippen LogP contribution in [0.3, 0.4) is 0 Å². The predicted octanol–water partition coefficient (Wildman–Crippen LogP) is 1.47. The highest BCUT2D eigenvalue weighted by Gasteiger charge is 2.48. The van der Waals surface area contributed by atoms with Gasteiger partial charge in [-0.05, 0) is 38.1 Å². The van der Waals surface area contributed by atoms with E-state index in [0.29, 0.717) is 5.92 Å². The van der Waals surface area contributed by atoms with Crippen molar-refractivity contribution in [2.75, 3.05) is 13.7 Å². The number of hydrogen-bond donors (Lipinski definition) is 1. The second kappa shape index (κ2) is 3.89. The lowest BCUT2D eigenvalue weighted by atomic mass is 9.81. The third-order valence-corrected chi connectivity index (χ3v) is 3.79. The van der Waals surface area contributed by atoms with E-state index in [9.17, 15) is 4.79 Å². The highest BCUT2D eigenvalue weighted by atomic mass is 16.5. The minimum absolute atomic E-state index is 0.0399. The Balaban J connectivity index is 2.16. The van der Waals surface area contributed by atoms with E-state index in [2.05, 4.69) is 5.32 Å². The molecule has 3 nitrogen and oxygen atoms in total. The Labute approximate surface area is 85.2 Å². The topological polar surface area (TPSA) is 38.3 Å². The van der Waals surface area contributed by atoms with Gasteiger partial charge in [-0.15, -0.1) is 0 Å². The van der Waals surface area contributed by atoms with Crippen LogP contribution in [0.4, 0.5) is 0 Å². The molecular weight excluding hydrogens is 178 g/mol. The first-order chi connectivity index (χ1) is 6.79. The molecule has 0 amide bonds. The van der Waals surface area contributed by atoms with Crippen LogP contribution in [-0.2, 0) is 9.53 Å². The third kappa shape index (κ3) is 1.44. The fourth-order valence-corrected chi connectivity index (χ4v) is 3.06. The van der Waals surface area contributed by atoms with Crippen molar-refractivity contribution < 1.29 is 9.53 Å². The van der Waals surface area contributed by atoms with Gasteiger partial charge in [-0.25, -0.2) is 0 Å². The molecule has 0 aromatic heterocycles. The molecule has 0 radical (unpaired) electrons. The van der Waals surface area contributed by atoms with Gasteiger partial charge >= 0.3 is 5.97 Å². The van der Waals surface area contributed by atoms with Gasteiger partial charge in [0.15, 0.2) is 0 Å². The van der Waals surface area contributed by atoms with Crippen molar-refractivity contribution in [3.8, 4) is 0 Å². The average Bonchev–Trinajstić information content (AvgIpc) is 2.86. The number of carbonyl (C=O) groups is 1. The lowest BCUT2D eigenvalue weighted by Gasteiger charge is -2.32. The zero-order chi connectivity index (χ0) is 10.0. The van der Waals surface area contributed by atoms with Crippen LogP contribution in [0.1, 0.15) is 38.5 Å². The van der Waals surface area contributed by atoms with Crippen molar-refractivity contribution in [3.63, 3.8) is 0 Å². The van der Waals surface area contributed by atoms with Crippen LogP contribution < -0.4 is 5.32 Å². The van der Waals surface area contributed by atoms with Gasteiger partial charge in [-0.3, -0.25) is 4.79 Å². The monoisotopic (exact) mass is 197 g/mol. The molecule has 1 N–H and O–H groups in total. The average molecular weight is 197 g/mol. The van der Waals surface area contributed by atoms with E-state index in [1.807, 2.05) is 0 Å². The van der Waals surface area contributed by atoms with Crippen molar-refractivity contribution in [2.45, 2.75) is 44.1 Å². The molecule has 0 spiro atoms. The Hall–Kier alpha value is -0.570. The second-order valence-electron chi connectivity index (χ2n) is 4.47. The SMILES string of the molecule is COC(=O)C1(C2CCCC2)CCCN1. The predicted molar refractivity (Wildman–Crippen MR) is 53.9 cm³/mol. The first-order valence-corrected chi connectivity index (χ1v) is 5.63. The normalized spacial score (nSPS) is 33.5. The lowest BCUT2D eigenvalue weighted by molar-refractivity contribution is -0.150. The third-order valence-electron chi connectivity index (χ3n) is 3.79. The summed E-state index contributed by atoms with van der Waals surface area (Å²) in [7, 11) is 1.50. The van der Waals surface area contributed by atoms with Crippen LogP contribution in [0, 0.1) is 5.92 Å². The van der Waals surface area contributed by atoms with E-state index in [1.54, 1.807) is 0 Å². The van der Waals surface area contributed by atoms with Gasteiger partial charge in [0.1, 0.15) is 5.54 Å². The van der Waals surface area contributed by atoms with E-state index in [-0.39, 0.29) is 11.5 Å². The van der Waals surface area contributed by atoms with E-state index >= 15 is 0 Å². The molecule has 1 unspecified atom stereocenters. The Morgan fingerprint density at radius 2 is 2.07 bits per heavy atom. The van der Waals surface area contributed by atoms with Crippen molar-refractivity contribution in [1.82, 2.24) is 5.32 Å². The molecule has 0 aromatic carbocycles. The van der Waals surface area contributed by atoms with E-state index < -0.39 is 0 Å². The molecular formula is C11H19NO2. The highest BCUT2D eigenvalue weighted by Crippen LogP contribution is 2.39. The summed E-state index contributed by atoms with van der Waals surface area (Å²) < 4.78 is 4.95. The quantitative estimate of drug-likeness (QED) is 0.681. The van der Waals surface area contributed by atoms with Crippen LogP contribution in [0.2, 0.25) is 0 Å². The molecule has 2 rings (SSSR count). The lowest BCUT2D eigenvalue weighted by Crippen LogP contribution is -2.53. The summed E-state index contributed by atoms with van der Waals surface area (Å²) in [5, 5.41) is 3.39. The van der Waals surface area contributed by atoms with Gasteiger partial charge in [0, 0.05) is 0 Å². The summed E-state index contributed by atoms with van der Waals surface area (Å²) in [4.78, 5) is 11.8. The molecule has 2 aliphatic rings. The molecule has 1 aliphatic carbocycles. The molecule has 3 heteroatoms. The second-order valence-corrected chi connectivity index (χ2v) is 4.47. The van der Waals surface area contributed by atoms with Crippen molar-refractivity contribution in [2.24, 2.45) is 5.92 Å². The van der Waals surface area contributed by atoms with Crippen molar-refractivity contribution >= 4 is 5.97 Å². The summed E-state index contributed by atoms with van der Waals surface area (Å²) in [5.41, 5.74) is -0.328. The number of esters is 1. The molecule has 14 heavy (non-hydrogen) atoms. The minimum atomic E-state index is -0.328. The van der Waals surface area contributed by atoms with Crippen molar-refractivity contribution in [3.05, 3.63) is 0 Å². The van der Waals surface area contributed by atoms with Crippen LogP contribution in [0.25, 0.3) is 0 Å². The van der Waals surface area contributed by atoms with Crippen LogP contribution in [0.15, 0.2) is 0 Å². The zero-order valence-corrected chi connectivity index (χ0v) is 8.84. The summed E-state index contributed by atoms with van der Waals surface area (Å²) in [6, 6.07) is 0. The molecule has 1 atom stereocenters. The fourth-order valence-electron chi connectivity index (χ4n) is 3.06. The first-order valence-electron chi connectivity index (χ1n) is 5.63. The molecule has 1 aliphatic heterocycles. The maximum atomic E-state index is 11.8. The first kappa shape index (κ1) is 9.97. The molecule has 0 aromatic rings. The van der Waals surface area contributed by atoms with Gasteiger partial charge in [0.05, 0.1) is 7.11 Å². The fraction of sp³-hybridized carbons (Fsp3) is 0.909. The summed E-state index contributed by atoms with van der Waals surface area (Å²) in [5.74, 6) is 0.472. The summed E-state index contributed by atoms with van der Waals surface area (Å²) in [6.45, 7) is 0.964. The number of carbonyl (C=O) groups excluding carboxylic acids is 1. The molecule has 1 saturated carbocycles. The Morgan fingerprint density at radius 3 is 2.57 bits per heavy atom. The van der Waals surface area contributed by atoms with Crippen molar-refractivity contribution in [1.29, 1.82) is 0 Å². The number of methoxy groups -OCH3 is 1. The molecule has 2 fully saturated rings. The van der Waals surface area contributed by atoms with E-state index in [0.717, 1.165) is 19.4 Å². The molecule has 1 saturated heterocycles. The Kier molecular flexibility index (Phi) is 2.77. The van der Waals surface area contributed by atoms with Crippen LogP contribution in [0.5, 0.6) is 0 Å². The standard InChI is InChI=1S/C11H19NO2/c1-14-10(13)11(7-4-8-12-11)9-5-2-3-6-9/h9,12H,2-8H2,1H3. The highest BCUT2D eigenvalue weighted by molar-refractivity contribution is 5.81. The molecule has 1 heterocycles. The number of nitrogens with one attached hydrogen (secondary N) is 1. The largest absolute Gasteiger partial charge is 0.468 e. The number of ether oxygens (including phenoxy) is 1.